The van der Waals surface area contributed by atoms with Crippen molar-refractivity contribution >= 4 is 6.08 Å². The van der Waals surface area contributed by atoms with E-state index in [1.54, 1.807) is 6.08 Å². The SMILES string of the molecule is CC(Cc1ccc(-c2ncn(-c3ccc(OC(F)(F)F)cc3)n2)cc1)N=C=O. The predicted molar refractivity (Wildman–Crippen MR) is 94.8 cm³/mol. The van der Waals surface area contributed by atoms with Crippen molar-refractivity contribution in [3.63, 3.8) is 0 Å². The van der Waals surface area contributed by atoms with Gasteiger partial charge in [0.05, 0.1) is 11.7 Å². The molecule has 3 aromatic rings. The summed E-state index contributed by atoms with van der Waals surface area (Å²) in [6.07, 6.45) is -1.09. The molecule has 3 rings (SSSR count). The fraction of sp³-hybridized carbons (Fsp3) is 0.211. The van der Waals surface area contributed by atoms with Crippen LogP contribution >= 0.6 is 0 Å². The Hall–Kier alpha value is -3.45. The molecule has 0 aliphatic heterocycles. The van der Waals surface area contributed by atoms with E-state index in [0.29, 0.717) is 17.9 Å². The lowest BCUT2D eigenvalue weighted by molar-refractivity contribution is -0.274. The summed E-state index contributed by atoms with van der Waals surface area (Å²) in [5.41, 5.74) is 2.34. The van der Waals surface area contributed by atoms with Crippen molar-refractivity contribution in [2.45, 2.75) is 25.7 Å². The molecule has 1 atom stereocenters. The molecule has 0 fully saturated rings. The van der Waals surface area contributed by atoms with Crippen LogP contribution in [0.1, 0.15) is 12.5 Å². The summed E-state index contributed by atoms with van der Waals surface area (Å²) in [5, 5.41) is 4.35. The normalized spacial score (nSPS) is 12.3. The Bertz CT molecular complexity index is 976. The largest absolute Gasteiger partial charge is 0.573 e. The maximum atomic E-state index is 12.2. The third-order valence-electron chi connectivity index (χ3n) is 3.84. The molecule has 144 valence electrons. The van der Waals surface area contributed by atoms with Crippen LogP contribution in [0.25, 0.3) is 17.1 Å². The Labute approximate surface area is 158 Å². The van der Waals surface area contributed by atoms with E-state index in [1.807, 2.05) is 31.2 Å². The van der Waals surface area contributed by atoms with Crippen LogP contribution in [0.15, 0.2) is 59.9 Å². The molecular formula is C19H15F3N4O2. The lowest BCUT2D eigenvalue weighted by atomic mass is 10.1. The minimum absolute atomic E-state index is 0.148. The molecule has 0 saturated heterocycles. The van der Waals surface area contributed by atoms with Crippen LogP contribution < -0.4 is 4.74 Å². The Morgan fingerprint density at radius 1 is 1.14 bits per heavy atom. The van der Waals surface area contributed by atoms with Gasteiger partial charge in [-0.1, -0.05) is 24.3 Å². The molecule has 0 radical (unpaired) electrons. The third kappa shape index (κ3) is 5.05. The van der Waals surface area contributed by atoms with Gasteiger partial charge in [-0.05, 0) is 43.2 Å². The third-order valence-corrected chi connectivity index (χ3v) is 3.84. The van der Waals surface area contributed by atoms with Crippen molar-refractivity contribution in [3.8, 4) is 22.8 Å². The number of aromatic nitrogens is 3. The summed E-state index contributed by atoms with van der Waals surface area (Å²) in [6, 6.07) is 12.7. The zero-order valence-corrected chi connectivity index (χ0v) is 14.7. The van der Waals surface area contributed by atoms with Crippen molar-refractivity contribution < 1.29 is 22.7 Å². The van der Waals surface area contributed by atoms with Crippen molar-refractivity contribution in [2.75, 3.05) is 0 Å². The number of aliphatic imine (C=N–C) groups is 1. The highest BCUT2D eigenvalue weighted by Crippen LogP contribution is 2.24. The van der Waals surface area contributed by atoms with Crippen LogP contribution in [0.4, 0.5) is 13.2 Å². The van der Waals surface area contributed by atoms with Gasteiger partial charge < -0.3 is 4.74 Å². The van der Waals surface area contributed by atoms with Crippen LogP contribution in [-0.2, 0) is 11.2 Å². The topological polar surface area (TPSA) is 69.4 Å². The summed E-state index contributed by atoms with van der Waals surface area (Å²) < 4.78 is 42.0. The molecular weight excluding hydrogens is 373 g/mol. The molecule has 1 unspecified atom stereocenters. The predicted octanol–water partition coefficient (Wildman–Crippen LogP) is 4.10. The van der Waals surface area contributed by atoms with Crippen molar-refractivity contribution in [3.05, 3.63) is 60.4 Å². The molecule has 0 saturated carbocycles. The van der Waals surface area contributed by atoms with E-state index in [9.17, 15) is 18.0 Å². The highest BCUT2D eigenvalue weighted by molar-refractivity contribution is 5.55. The molecule has 0 spiro atoms. The molecule has 0 bridgehead atoms. The van der Waals surface area contributed by atoms with Crippen LogP contribution in [0.5, 0.6) is 5.75 Å². The highest BCUT2D eigenvalue weighted by Gasteiger charge is 2.30. The van der Waals surface area contributed by atoms with E-state index in [-0.39, 0.29) is 11.8 Å². The van der Waals surface area contributed by atoms with Gasteiger partial charge in [0.1, 0.15) is 12.1 Å². The molecule has 28 heavy (non-hydrogen) atoms. The first-order valence-electron chi connectivity index (χ1n) is 8.28. The van der Waals surface area contributed by atoms with Gasteiger partial charge in [0.2, 0.25) is 6.08 Å². The Balaban J connectivity index is 1.72. The number of nitrogens with zero attached hydrogens (tertiary/aromatic N) is 4. The van der Waals surface area contributed by atoms with Gasteiger partial charge in [0.15, 0.2) is 5.82 Å². The van der Waals surface area contributed by atoms with Crippen LogP contribution in [-0.4, -0.2) is 33.2 Å². The van der Waals surface area contributed by atoms with E-state index < -0.39 is 6.36 Å². The molecule has 0 amide bonds. The van der Waals surface area contributed by atoms with E-state index in [0.717, 1.165) is 11.1 Å². The summed E-state index contributed by atoms with van der Waals surface area (Å²) in [7, 11) is 0. The highest BCUT2D eigenvalue weighted by atomic mass is 19.4. The van der Waals surface area contributed by atoms with E-state index in [2.05, 4.69) is 19.8 Å². The van der Waals surface area contributed by atoms with Gasteiger partial charge in [0.25, 0.3) is 0 Å². The minimum atomic E-state index is -4.73. The molecule has 6 nitrogen and oxygen atoms in total. The van der Waals surface area contributed by atoms with Crippen molar-refractivity contribution in [2.24, 2.45) is 4.99 Å². The van der Waals surface area contributed by atoms with Crippen LogP contribution in [0, 0.1) is 0 Å². The molecule has 0 aliphatic rings. The average Bonchev–Trinajstić information content (AvgIpc) is 3.12. The summed E-state index contributed by atoms with van der Waals surface area (Å²) in [6.45, 7) is 1.83. The van der Waals surface area contributed by atoms with Gasteiger partial charge in [-0.2, -0.15) is 0 Å². The number of hydrogen-bond acceptors (Lipinski definition) is 5. The van der Waals surface area contributed by atoms with E-state index >= 15 is 0 Å². The Morgan fingerprint density at radius 3 is 2.43 bits per heavy atom. The summed E-state index contributed by atoms with van der Waals surface area (Å²) in [5.74, 6) is 0.168. The maximum Gasteiger partial charge on any atom is 0.573 e. The first-order chi connectivity index (χ1) is 13.3. The first kappa shape index (κ1) is 19.3. The first-order valence-corrected chi connectivity index (χ1v) is 8.28. The van der Waals surface area contributed by atoms with Gasteiger partial charge in [0, 0.05) is 5.56 Å². The second kappa shape index (κ2) is 8.06. The number of isocyanates is 1. The Kier molecular flexibility index (Phi) is 5.56. The smallest absolute Gasteiger partial charge is 0.406 e. The number of rotatable bonds is 6. The number of halogens is 3. The van der Waals surface area contributed by atoms with Gasteiger partial charge in [-0.25, -0.2) is 19.5 Å². The van der Waals surface area contributed by atoms with E-state index in [1.165, 1.54) is 35.3 Å². The van der Waals surface area contributed by atoms with Crippen LogP contribution in [0.3, 0.4) is 0 Å². The number of hydrogen-bond donors (Lipinski definition) is 0. The molecule has 0 aliphatic carbocycles. The molecule has 1 aromatic heterocycles. The number of ether oxygens (including phenoxy) is 1. The van der Waals surface area contributed by atoms with Gasteiger partial charge in [-0.15, -0.1) is 18.3 Å². The quantitative estimate of drug-likeness (QED) is 0.471. The molecule has 0 N–H and O–H groups in total. The van der Waals surface area contributed by atoms with Crippen LogP contribution in [0.2, 0.25) is 0 Å². The fourth-order valence-corrected chi connectivity index (χ4v) is 2.59. The molecule has 1 heterocycles. The van der Waals surface area contributed by atoms with E-state index in [4.69, 9.17) is 0 Å². The lowest BCUT2D eigenvalue weighted by Gasteiger charge is -2.09. The standard InChI is InChI=1S/C19H15F3N4O2/c1-13(24-12-27)10-14-2-4-15(5-3-14)18-23-11-26(25-18)16-6-8-17(9-7-16)28-19(20,21)22/h2-9,11,13H,10H2,1H3. The van der Waals surface area contributed by atoms with Crippen molar-refractivity contribution in [1.29, 1.82) is 0 Å². The zero-order valence-electron chi connectivity index (χ0n) is 14.7. The summed E-state index contributed by atoms with van der Waals surface area (Å²) in [4.78, 5) is 18.2. The molecule has 9 heteroatoms. The van der Waals surface area contributed by atoms with Gasteiger partial charge in [-0.3, -0.25) is 0 Å². The summed E-state index contributed by atoms with van der Waals surface area (Å²) >= 11 is 0. The number of carbonyl (C=O) groups excluding carboxylic acids is 1. The second-order valence-corrected chi connectivity index (χ2v) is 6.02. The lowest BCUT2D eigenvalue weighted by Crippen LogP contribution is -2.17. The minimum Gasteiger partial charge on any atom is -0.406 e. The maximum absolute atomic E-state index is 12.2. The monoisotopic (exact) mass is 388 g/mol. The number of benzene rings is 2. The average molecular weight is 388 g/mol. The van der Waals surface area contributed by atoms with Crippen molar-refractivity contribution in [1.82, 2.24) is 14.8 Å². The van der Waals surface area contributed by atoms with Gasteiger partial charge >= 0.3 is 6.36 Å². The fourth-order valence-electron chi connectivity index (χ4n) is 2.59. The molecule has 2 aromatic carbocycles. The Morgan fingerprint density at radius 2 is 1.82 bits per heavy atom. The zero-order chi connectivity index (χ0) is 20.1. The number of alkyl halides is 3. The second-order valence-electron chi connectivity index (χ2n) is 6.02.